The zero-order valence-electron chi connectivity index (χ0n) is 14.3. The van der Waals surface area contributed by atoms with Gasteiger partial charge in [-0.25, -0.2) is 4.99 Å². The van der Waals surface area contributed by atoms with Gasteiger partial charge in [-0.1, -0.05) is 41.4 Å². The Bertz CT molecular complexity index is 766. The minimum absolute atomic E-state index is 0. The third kappa shape index (κ3) is 7.01. The number of halogens is 3. The second-order valence-corrected chi connectivity index (χ2v) is 6.19. The Morgan fingerprint density at radius 2 is 1.81 bits per heavy atom. The zero-order chi connectivity index (χ0) is 18.2. The van der Waals surface area contributed by atoms with Crippen molar-refractivity contribution in [2.45, 2.75) is 20.0 Å². The highest BCUT2D eigenvalue weighted by Crippen LogP contribution is 2.20. The summed E-state index contributed by atoms with van der Waals surface area (Å²) in [6, 6.07) is 12.5. The minimum atomic E-state index is -0.440. The molecule has 2 aromatic carbocycles. The number of hydrogen-bond acceptors (Lipinski definition) is 2. The van der Waals surface area contributed by atoms with Crippen LogP contribution in [-0.2, 0) is 13.1 Å². The fraction of sp³-hybridized carbons (Fsp3) is 0.222. The van der Waals surface area contributed by atoms with Crippen molar-refractivity contribution in [2.24, 2.45) is 10.7 Å². The van der Waals surface area contributed by atoms with Gasteiger partial charge in [-0.2, -0.15) is 0 Å². The summed E-state index contributed by atoms with van der Waals surface area (Å²) in [6.07, 6.45) is 0. The highest BCUT2D eigenvalue weighted by Gasteiger charge is 2.04. The number of hydrogen-bond donors (Lipinski definition) is 3. The van der Waals surface area contributed by atoms with Crippen LogP contribution in [0.25, 0.3) is 0 Å². The molecule has 0 radical (unpaired) electrons. The fourth-order valence-electron chi connectivity index (χ4n) is 2.13. The zero-order valence-corrected chi connectivity index (χ0v) is 18.1. The summed E-state index contributed by atoms with van der Waals surface area (Å²) in [6.45, 7) is 3.74. The quantitative estimate of drug-likeness (QED) is 0.315. The number of guanidine groups is 1. The van der Waals surface area contributed by atoms with Gasteiger partial charge in [-0.15, -0.1) is 24.0 Å². The maximum Gasteiger partial charge on any atom is 0.248 e. The van der Waals surface area contributed by atoms with Crippen LogP contribution in [0, 0.1) is 0 Å². The fourth-order valence-corrected chi connectivity index (χ4v) is 2.61. The van der Waals surface area contributed by atoms with Crippen molar-refractivity contribution in [3.05, 3.63) is 69.2 Å². The second-order valence-electron chi connectivity index (χ2n) is 5.35. The summed E-state index contributed by atoms with van der Waals surface area (Å²) < 4.78 is 0. The van der Waals surface area contributed by atoms with Crippen LogP contribution >= 0.6 is 47.2 Å². The molecule has 5 nitrogen and oxygen atoms in total. The predicted octanol–water partition coefficient (Wildman–Crippen LogP) is 3.97. The third-order valence-corrected chi connectivity index (χ3v) is 4.05. The number of aliphatic imine (C=N–C) groups is 1. The Morgan fingerprint density at radius 1 is 1.12 bits per heavy atom. The van der Waals surface area contributed by atoms with Gasteiger partial charge in [0.1, 0.15) is 0 Å². The summed E-state index contributed by atoms with van der Waals surface area (Å²) in [7, 11) is 0. The van der Waals surface area contributed by atoms with Crippen LogP contribution < -0.4 is 16.4 Å². The van der Waals surface area contributed by atoms with Crippen LogP contribution in [0.5, 0.6) is 0 Å². The first kappa shape index (κ1) is 22.5. The Morgan fingerprint density at radius 3 is 2.38 bits per heavy atom. The molecule has 0 aliphatic carbocycles. The number of benzene rings is 2. The van der Waals surface area contributed by atoms with Gasteiger partial charge in [0.25, 0.3) is 0 Å². The van der Waals surface area contributed by atoms with Gasteiger partial charge in [0.05, 0.1) is 6.54 Å². The molecule has 2 aromatic rings. The average molecular weight is 507 g/mol. The van der Waals surface area contributed by atoms with Gasteiger partial charge in [0.2, 0.25) is 5.91 Å². The number of carbonyl (C=O) groups excluding carboxylic acids is 1. The molecule has 0 saturated carbocycles. The third-order valence-electron chi connectivity index (χ3n) is 3.46. The van der Waals surface area contributed by atoms with E-state index in [1.165, 1.54) is 0 Å². The maximum absolute atomic E-state index is 11.1. The van der Waals surface area contributed by atoms with Gasteiger partial charge in [0, 0.05) is 28.7 Å². The number of nitrogens with two attached hydrogens (primary N) is 1. The van der Waals surface area contributed by atoms with Crippen LogP contribution in [0.3, 0.4) is 0 Å². The summed E-state index contributed by atoms with van der Waals surface area (Å²) in [5.41, 5.74) is 7.63. The van der Waals surface area contributed by atoms with Gasteiger partial charge in [-0.3, -0.25) is 4.79 Å². The van der Waals surface area contributed by atoms with E-state index in [-0.39, 0.29) is 24.0 Å². The predicted molar refractivity (Wildman–Crippen MR) is 118 cm³/mol. The SMILES string of the molecule is CCNC(=NCc1ccc(C(N)=O)cc1)NCc1ccc(Cl)cc1Cl.I. The van der Waals surface area contributed by atoms with E-state index in [2.05, 4.69) is 15.6 Å². The van der Waals surface area contributed by atoms with Crippen molar-refractivity contribution >= 4 is 59.0 Å². The van der Waals surface area contributed by atoms with E-state index in [9.17, 15) is 4.79 Å². The van der Waals surface area contributed by atoms with Crippen molar-refractivity contribution < 1.29 is 4.79 Å². The molecule has 0 bridgehead atoms. The molecule has 1 amide bonds. The Balaban J connectivity index is 0.00000338. The molecule has 0 fully saturated rings. The number of carbonyl (C=O) groups is 1. The van der Waals surface area contributed by atoms with Crippen LogP contribution in [-0.4, -0.2) is 18.4 Å². The standard InChI is InChI=1S/C18H20Cl2N4O.HI/c1-2-22-18(24-11-14-7-8-15(19)9-16(14)20)23-10-12-3-5-13(6-4-12)17(21)25;/h3-9H,2,10-11H2,1H3,(H2,21,25)(H2,22,23,24);1H. The van der Waals surface area contributed by atoms with E-state index in [1.807, 2.05) is 25.1 Å². The summed E-state index contributed by atoms with van der Waals surface area (Å²) >= 11 is 12.1. The Hall–Kier alpha value is -1.51. The van der Waals surface area contributed by atoms with E-state index >= 15 is 0 Å². The Kier molecular flexibility index (Phi) is 9.75. The molecule has 0 aliphatic heterocycles. The molecule has 140 valence electrons. The Labute approximate surface area is 180 Å². The molecule has 8 heteroatoms. The summed E-state index contributed by atoms with van der Waals surface area (Å²) in [5, 5.41) is 7.63. The van der Waals surface area contributed by atoms with Crippen LogP contribution in [0.1, 0.15) is 28.4 Å². The van der Waals surface area contributed by atoms with Gasteiger partial charge < -0.3 is 16.4 Å². The maximum atomic E-state index is 11.1. The van der Waals surface area contributed by atoms with Crippen molar-refractivity contribution in [2.75, 3.05) is 6.54 Å². The molecule has 0 aliphatic rings. The lowest BCUT2D eigenvalue weighted by Gasteiger charge is -2.12. The van der Waals surface area contributed by atoms with E-state index in [0.29, 0.717) is 34.7 Å². The number of rotatable bonds is 6. The van der Waals surface area contributed by atoms with Crippen molar-refractivity contribution in [1.82, 2.24) is 10.6 Å². The molecule has 0 unspecified atom stereocenters. The van der Waals surface area contributed by atoms with E-state index in [1.54, 1.807) is 24.3 Å². The number of primary amides is 1. The van der Waals surface area contributed by atoms with Crippen molar-refractivity contribution in [3.63, 3.8) is 0 Å². The lowest BCUT2D eigenvalue weighted by Crippen LogP contribution is -2.36. The molecular weight excluding hydrogens is 486 g/mol. The normalized spacial score (nSPS) is 10.8. The van der Waals surface area contributed by atoms with Gasteiger partial charge >= 0.3 is 0 Å². The smallest absolute Gasteiger partial charge is 0.248 e. The van der Waals surface area contributed by atoms with Gasteiger partial charge in [-0.05, 0) is 42.3 Å². The first-order valence-corrected chi connectivity index (χ1v) is 8.60. The summed E-state index contributed by atoms with van der Waals surface area (Å²) in [4.78, 5) is 15.6. The largest absolute Gasteiger partial charge is 0.366 e. The molecule has 0 aromatic heterocycles. The molecule has 4 N–H and O–H groups in total. The van der Waals surface area contributed by atoms with Gasteiger partial charge in [0.15, 0.2) is 5.96 Å². The van der Waals surface area contributed by atoms with Crippen molar-refractivity contribution in [3.8, 4) is 0 Å². The summed E-state index contributed by atoms with van der Waals surface area (Å²) in [5.74, 6) is 0.234. The van der Waals surface area contributed by atoms with E-state index < -0.39 is 5.91 Å². The lowest BCUT2D eigenvalue weighted by atomic mass is 10.1. The van der Waals surface area contributed by atoms with Crippen molar-refractivity contribution in [1.29, 1.82) is 0 Å². The minimum Gasteiger partial charge on any atom is -0.366 e. The lowest BCUT2D eigenvalue weighted by molar-refractivity contribution is 0.100. The molecule has 0 spiro atoms. The topological polar surface area (TPSA) is 79.5 Å². The average Bonchev–Trinajstić information content (AvgIpc) is 2.59. The molecule has 26 heavy (non-hydrogen) atoms. The first-order chi connectivity index (χ1) is 12.0. The molecule has 0 saturated heterocycles. The molecule has 0 heterocycles. The monoisotopic (exact) mass is 506 g/mol. The van der Waals surface area contributed by atoms with Crippen LogP contribution in [0.15, 0.2) is 47.5 Å². The van der Waals surface area contributed by atoms with E-state index in [0.717, 1.165) is 17.7 Å². The highest BCUT2D eigenvalue weighted by atomic mass is 127. The highest BCUT2D eigenvalue weighted by molar-refractivity contribution is 14.0. The number of amides is 1. The first-order valence-electron chi connectivity index (χ1n) is 7.84. The number of nitrogens with zero attached hydrogens (tertiary/aromatic N) is 1. The number of nitrogens with one attached hydrogen (secondary N) is 2. The molecular formula is C18H21Cl2IN4O. The molecule has 0 atom stereocenters. The van der Waals surface area contributed by atoms with E-state index in [4.69, 9.17) is 28.9 Å². The van der Waals surface area contributed by atoms with Crippen LogP contribution in [0.2, 0.25) is 10.0 Å². The second kappa shape index (κ2) is 11.3. The molecule has 2 rings (SSSR count). The van der Waals surface area contributed by atoms with Crippen LogP contribution in [0.4, 0.5) is 0 Å².